The van der Waals surface area contributed by atoms with E-state index in [0.717, 1.165) is 37.2 Å². The zero-order chi connectivity index (χ0) is 16.2. The summed E-state index contributed by atoms with van der Waals surface area (Å²) in [4.78, 5) is 12.8. The van der Waals surface area contributed by atoms with E-state index in [4.69, 9.17) is 4.74 Å². The minimum absolute atomic E-state index is 0.138. The highest BCUT2D eigenvalue weighted by Gasteiger charge is 2.26. The lowest BCUT2D eigenvalue weighted by molar-refractivity contribution is -0.384. The molecule has 0 aromatic heterocycles. The normalized spacial score (nSPS) is 18.0. The number of non-ortho nitro benzene ring substituents is 1. The van der Waals surface area contributed by atoms with Crippen LogP contribution in [0, 0.1) is 10.1 Å². The zero-order valence-electron chi connectivity index (χ0n) is 13.1. The Labute approximate surface area is 135 Å². The van der Waals surface area contributed by atoms with E-state index in [2.05, 4.69) is 17.0 Å². The summed E-state index contributed by atoms with van der Waals surface area (Å²) in [5, 5.41) is 10.7. The molecule has 0 amide bonds. The van der Waals surface area contributed by atoms with Crippen LogP contribution >= 0.6 is 0 Å². The number of nitrogens with zero attached hydrogens (tertiary/aromatic N) is 2. The molecule has 0 spiro atoms. The summed E-state index contributed by atoms with van der Waals surface area (Å²) < 4.78 is 5.32. The average molecular weight is 312 g/mol. The summed E-state index contributed by atoms with van der Waals surface area (Å²) in [5.74, 6) is 0.879. The van der Waals surface area contributed by atoms with E-state index in [-0.39, 0.29) is 10.6 Å². The fraction of sp³-hybridized carbons (Fsp3) is 0.333. The molecule has 0 radical (unpaired) electrons. The highest BCUT2D eigenvalue weighted by molar-refractivity contribution is 5.34. The largest absolute Gasteiger partial charge is 0.497 e. The zero-order valence-corrected chi connectivity index (χ0v) is 13.1. The van der Waals surface area contributed by atoms with E-state index in [0.29, 0.717) is 6.04 Å². The molecule has 2 aromatic rings. The van der Waals surface area contributed by atoms with Gasteiger partial charge in [0, 0.05) is 24.7 Å². The first-order valence-corrected chi connectivity index (χ1v) is 7.78. The van der Waals surface area contributed by atoms with E-state index in [1.807, 2.05) is 24.3 Å². The van der Waals surface area contributed by atoms with Crippen molar-refractivity contribution in [1.82, 2.24) is 4.90 Å². The molecule has 23 heavy (non-hydrogen) atoms. The van der Waals surface area contributed by atoms with Crippen molar-refractivity contribution in [3.8, 4) is 5.75 Å². The summed E-state index contributed by atoms with van der Waals surface area (Å²) in [6, 6.07) is 15.4. The molecule has 3 rings (SSSR count). The van der Waals surface area contributed by atoms with Gasteiger partial charge in [0.25, 0.3) is 5.69 Å². The average Bonchev–Trinajstić information content (AvgIpc) is 3.03. The van der Waals surface area contributed by atoms with E-state index in [1.165, 1.54) is 5.56 Å². The van der Waals surface area contributed by atoms with Crippen molar-refractivity contribution in [3.63, 3.8) is 0 Å². The lowest BCUT2D eigenvalue weighted by atomic mass is 10.0. The molecule has 1 aliphatic rings. The maximum absolute atomic E-state index is 10.7. The quantitative estimate of drug-likeness (QED) is 0.620. The van der Waals surface area contributed by atoms with Gasteiger partial charge in [-0.1, -0.05) is 24.3 Å². The van der Waals surface area contributed by atoms with Crippen LogP contribution in [0.4, 0.5) is 5.69 Å². The summed E-state index contributed by atoms with van der Waals surface area (Å²) in [7, 11) is 1.68. The number of likely N-dealkylation sites (tertiary alicyclic amines) is 1. The molecule has 0 aliphatic carbocycles. The minimum atomic E-state index is -0.362. The number of benzene rings is 2. The summed E-state index contributed by atoms with van der Waals surface area (Å²) in [6.45, 7) is 1.85. The molecule has 0 bridgehead atoms. The first-order chi connectivity index (χ1) is 11.2. The van der Waals surface area contributed by atoms with E-state index in [9.17, 15) is 10.1 Å². The van der Waals surface area contributed by atoms with E-state index >= 15 is 0 Å². The van der Waals surface area contributed by atoms with Crippen LogP contribution in [0.3, 0.4) is 0 Å². The molecule has 120 valence electrons. The van der Waals surface area contributed by atoms with Crippen molar-refractivity contribution in [2.45, 2.75) is 25.4 Å². The van der Waals surface area contributed by atoms with Gasteiger partial charge in [0.1, 0.15) is 5.75 Å². The summed E-state index contributed by atoms with van der Waals surface area (Å²) in [5.41, 5.74) is 2.51. The van der Waals surface area contributed by atoms with Gasteiger partial charge in [0.05, 0.1) is 12.0 Å². The Morgan fingerprint density at radius 2 is 2.04 bits per heavy atom. The van der Waals surface area contributed by atoms with Crippen LogP contribution in [0.5, 0.6) is 5.75 Å². The standard InChI is InChI=1S/C18H20N2O3/c1-23-17-5-2-4-15(12-17)18-6-3-11-19(18)13-14-7-9-16(10-8-14)20(21)22/h2,4-5,7-10,12,18H,3,6,11,13H2,1H3. The van der Waals surface area contributed by atoms with Gasteiger partial charge in [0.2, 0.25) is 0 Å². The number of hydrogen-bond acceptors (Lipinski definition) is 4. The molecule has 1 atom stereocenters. The molecular weight excluding hydrogens is 292 g/mol. The maximum Gasteiger partial charge on any atom is 0.269 e. The second-order valence-electron chi connectivity index (χ2n) is 5.83. The fourth-order valence-corrected chi connectivity index (χ4v) is 3.20. The Morgan fingerprint density at radius 1 is 1.26 bits per heavy atom. The Balaban J connectivity index is 1.74. The third kappa shape index (κ3) is 3.51. The monoisotopic (exact) mass is 312 g/mol. The Kier molecular flexibility index (Phi) is 4.57. The molecule has 2 aromatic carbocycles. The molecule has 5 nitrogen and oxygen atoms in total. The number of rotatable bonds is 5. The topological polar surface area (TPSA) is 55.6 Å². The molecule has 1 unspecified atom stereocenters. The number of ether oxygens (including phenoxy) is 1. The Hall–Kier alpha value is -2.40. The molecule has 0 saturated carbocycles. The van der Waals surface area contributed by atoms with Gasteiger partial charge in [-0.15, -0.1) is 0 Å². The van der Waals surface area contributed by atoms with Crippen molar-refractivity contribution >= 4 is 5.69 Å². The molecular formula is C18H20N2O3. The lowest BCUT2D eigenvalue weighted by Gasteiger charge is -2.25. The van der Waals surface area contributed by atoms with Gasteiger partial charge in [-0.25, -0.2) is 0 Å². The van der Waals surface area contributed by atoms with Gasteiger partial charge >= 0.3 is 0 Å². The maximum atomic E-state index is 10.7. The molecule has 1 heterocycles. The molecule has 1 fully saturated rings. The van der Waals surface area contributed by atoms with E-state index in [1.54, 1.807) is 19.2 Å². The predicted octanol–water partition coefficient (Wildman–Crippen LogP) is 3.94. The Morgan fingerprint density at radius 3 is 2.74 bits per heavy atom. The van der Waals surface area contributed by atoms with Gasteiger partial charge in [-0.3, -0.25) is 15.0 Å². The highest BCUT2D eigenvalue weighted by Crippen LogP contribution is 2.34. The predicted molar refractivity (Wildman–Crippen MR) is 88.5 cm³/mol. The smallest absolute Gasteiger partial charge is 0.269 e. The molecule has 1 saturated heterocycles. The summed E-state index contributed by atoms with van der Waals surface area (Å²) in [6.07, 6.45) is 2.29. The van der Waals surface area contributed by atoms with Crippen LogP contribution in [-0.4, -0.2) is 23.5 Å². The number of nitro benzene ring substituents is 1. The van der Waals surface area contributed by atoms with Gasteiger partial charge in [-0.05, 0) is 42.6 Å². The number of hydrogen-bond donors (Lipinski definition) is 0. The van der Waals surface area contributed by atoms with Crippen molar-refractivity contribution < 1.29 is 9.66 Å². The fourth-order valence-electron chi connectivity index (χ4n) is 3.20. The van der Waals surface area contributed by atoms with Crippen LogP contribution < -0.4 is 4.74 Å². The van der Waals surface area contributed by atoms with Crippen molar-refractivity contribution in [2.75, 3.05) is 13.7 Å². The number of nitro groups is 1. The van der Waals surface area contributed by atoms with Crippen molar-refractivity contribution in [1.29, 1.82) is 0 Å². The van der Waals surface area contributed by atoms with Crippen LogP contribution in [0.1, 0.15) is 30.0 Å². The van der Waals surface area contributed by atoms with Crippen LogP contribution in [0.15, 0.2) is 48.5 Å². The molecule has 1 aliphatic heterocycles. The van der Waals surface area contributed by atoms with Gasteiger partial charge in [-0.2, -0.15) is 0 Å². The second-order valence-corrected chi connectivity index (χ2v) is 5.83. The second kappa shape index (κ2) is 6.79. The van der Waals surface area contributed by atoms with Crippen molar-refractivity contribution in [2.24, 2.45) is 0 Å². The van der Waals surface area contributed by atoms with Crippen LogP contribution in [0.25, 0.3) is 0 Å². The first kappa shape index (κ1) is 15.5. The third-order valence-electron chi connectivity index (χ3n) is 4.38. The van der Waals surface area contributed by atoms with Crippen LogP contribution in [0.2, 0.25) is 0 Å². The third-order valence-corrected chi connectivity index (χ3v) is 4.38. The van der Waals surface area contributed by atoms with Crippen LogP contribution in [-0.2, 0) is 6.54 Å². The van der Waals surface area contributed by atoms with Gasteiger partial charge < -0.3 is 4.74 Å². The van der Waals surface area contributed by atoms with Crippen molar-refractivity contribution in [3.05, 3.63) is 69.8 Å². The SMILES string of the molecule is COc1cccc(C2CCCN2Cc2ccc([N+](=O)[O-])cc2)c1. The van der Waals surface area contributed by atoms with Gasteiger partial charge in [0.15, 0.2) is 0 Å². The lowest BCUT2D eigenvalue weighted by Crippen LogP contribution is -2.22. The highest BCUT2D eigenvalue weighted by atomic mass is 16.6. The Bertz CT molecular complexity index is 685. The number of methoxy groups -OCH3 is 1. The summed E-state index contributed by atoms with van der Waals surface area (Å²) >= 11 is 0. The first-order valence-electron chi connectivity index (χ1n) is 7.78. The van der Waals surface area contributed by atoms with E-state index < -0.39 is 0 Å². The molecule has 5 heteroatoms. The minimum Gasteiger partial charge on any atom is -0.497 e. The molecule has 0 N–H and O–H groups in total.